The van der Waals surface area contributed by atoms with Crippen molar-refractivity contribution in [1.82, 2.24) is 0 Å². The van der Waals surface area contributed by atoms with Gasteiger partial charge in [0, 0.05) is 25.7 Å². The van der Waals surface area contributed by atoms with Gasteiger partial charge in [-0.3, -0.25) is 37.3 Å². The summed E-state index contributed by atoms with van der Waals surface area (Å²) in [5.41, 5.74) is 0. The summed E-state index contributed by atoms with van der Waals surface area (Å²) in [5, 5.41) is 10.7. The van der Waals surface area contributed by atoms with Gasteiger partial charge in [-0.05, 0) is 43.4 Å². The van der Waals surface area contributed by atoms with Crippen molar-refractivity contribution in [2.24, 2.45) is 17.8 Å². The molecule has 0 fully saturated rings. The number of aliphatic hydroxyl groups excluding tert-OH is 1. The van der Waals surface area contributed by atoms with Crippen LogP contribution in [0.15, 0.2) is 0 Å². The van der Waals surface area contributed by atoms with E-state index in [1.807, 2.05) is 0 Å². The third kappa shape index (κ3) is 79.9. The molecule has 0 aromatic carbocycles. The van der Waals surface area contributed by atoms with Gasteiger partial charge in [-0.15, -0.1) is 0 Å². The summed E-state index contributed by atoms with van der Waals surface area (Å²) in [4.78, 5) is 73.3. The summed E-state index contributed by atoms with van der Waals surface area (Å²) >= 11 is 0. The van der Waals surface area contributed by atoms with Crippen LogP contribution >= 0.6 is 15.6 Å². The topological polar surface area (TPSA) is 237 Å². The van der Waals surface area contributed by atoms with Gasteiger partial charge in [0.25, 0.3) is 0 Å². The molecule has 0 radical (unpaired) electrons. The maximum absolute atomic E-state index is 13.2. The van der Waals surface area contributed by atoms with E-state index >= 15 is 0 Å². The monoisotopic (exact) mass is 1540 g/mol. The van der Waals surface area contributed by atoms with Crippen LogP contribution in [0.2, 0.25) is 0 Å². The van der Waals surface area contributed by atoms with E-state index in [1.165, 1.54) is 263 Å². The molecule has 0 aliphatic carbocycles. The van der Waals surface area contributed by atoms with Gasteiger partial charge in [0.05, 0.1) is 26.4 Å². The molecule has 17 nitrogen and oxygen atoms in total. The van der Waals surface area contributed by atoms with Crippen LogP contribution in [0.4, 0.5) is 0 Å². The highest BCUT2D eigenvalue weighted by Gasteiger charge is 2.30. The Kier molecular flexibility index (Phi) is 74.7. The second-order valence-electron chi connectivity index (χ2n) is 32.4. The van der Waals surface area contributed by atoms with Crippen molar-refractivity contribution >= 4 is 39.5 Å². The number of esters is 4. The average molecular weight is 1540 g/mol. The molecule has 0 aromatic heterocycles. The highest BCUT2D eigenvalue weighted by molar-refractivity contribution is 7.47. The van der Waals surface area contributed by atoms with Gasteiger partial charge >= 0.3 is 39.5 Å². The Morgan fingerprint density at radius 3 is 0.648 bits per heavy atom. The van der Waals surface area contributed by atoms with E-state index in [-0.39, 0.29) is 25.7 Å². The van der Waals surface area contributed by atoms with E-state index in [9.17, 15) is 43.2 Å². The molecule has 19 heteroatoms. The molecular weight excluding hydrogens is 1370 g/mol. The van der Waals surface area contributed by atoms with Crippen LogP contribution in [0, 0.1) is 17.8 Å². The molecule has 0 heterocycles. The summed E-state index contributed by atoms with van der Waals surface area (Å²) in [6, 6.07) is 0. The van der Waals surface area contributed by atoms with Gasteiger partial charge in [-0.2, -0.15) is 0 Å². The van der Waals surface area contributed by atoms with Crippen LogP contribution in [0.25, 0.3) is 0 Å². The van der Waals surface area contributed by atoms with Crippen molar-refractivity contribution in [3.8, 4) is 0 Å². The molecule has 0 spiro atoms. The van der Waals surface area contributed by atoms with Crippen LogP contribution < -0.4 is 0 Å². The minimum absolute atomic E-state index is 0.108. The van der Waals surface area contributed by atoms with Crippen molar-refractivity contribution in [2.45, 2.75) is 471 Å². The fourth-order valence-electron chi connectivity index (χ4n) is 13.4. The first-order valence-electron chi connectivity index (χ1n) is 44.3. The second kappa shape index (κ2) is 76.1. The maximum Gasteiger partial charge on any atom is 0.472 e. The molecule has 0 aromatic rings. The van der Waals surface area contributed by atoms with Crippen molar-refractivity contribution < 1.29 is 80.2 Å². The van der Waals surface area contributed by atoms with Gasteiger partial charge in [-0.1, -0.05) is 402 Å². The lowest BCUT2D eigenvalue weighted by Gasteiger charge is -2.21. The molecule has 3 N–H and O–H groups in total. The normalized spacial score (nSPS) is 13.9. The fraction of sp³-hybridized carbons (Fsp3) is 0.953. The smallest absolute Gasteiger partial charge is 0.462 e. The molecule has 2 unspecified atom stereocenters. The average Bonchev–Trinajstić information content (AvgIpc) is 0.908. The standard InChI is InChI=1S/C86H168O17P2/c1-8-9-10-11-12-13-14-15-26-32-41-48-55-62-69-85(90)103-82(74-97-84(89)68-61-54-47-40-35-34-38-45-52-59-66-79(6)7)76-101-105(94,95)99-72-80(87)71-98-104(92,93)100-75-81(102-86(91)70-63-56-49-42-33-28-23-19-17-21-25-30-37-44-51-58-65-78(4)5)73-96-83(88)67-60-53-46-39-31-27-22-18-16-20-24-29-36-43-50-57-64-77(2)3/h77-82,87H,8-76H2,1-7H3,(H,92,93)(H,94,95)/t80-,81-,82-/m1/s1. The Morgan fingerprint density at radius 2 is 0.438 bits per heavy atom. The van der Waals surface area contributed by atoms with E-state index < -0.39 is 97.5 Å². The van der Waals surface area contributed by atoms with E-state index in [2.05, 4.69) is 48.5 Å². The van der Waals surface area contributed by atoms with Crippen molar-refractivity contribution in [3.63, 3.8) is 0 Å². The molecule has 0 saturated carbocycles. The summed E-state index contributed by atoms with van der Waals surface area (Å²) in [5.74, 6) is 0.278. The summed E-state index contributed by atoms with van der Waals surface area (Å²) in [6.07, 6.45) is 66.5. The molecule has 0 rings (SSSR count). The van der Waals surface area contributed by atoms with Crippen LogP contribution in [0.1, 0.15) is 453 Å². The number of aliphatic hydroxyl groups is 1. The van der Waals surface area contributed by atoms with Gasteiger partial charge in [0.2, 0.25) is 0 Å². The molecule has 0 aliphatic rings. The molecule has 105 heavy (non-hydrogen) atoms. The first-order chi connectivity index (χ1) is 50.7. The number of ether oxygens (including phenoxy) is 4. The summed E-state index contributed by atoms with van der Waals surface area (Å²) < 4.78 is 68.9. The Balaban J connectivity index is 5.26. The fourth-order valence-corrected chi connectivity index (χ4v) is 14.9. The van der Waals surface area contributed by atoms with Crippen LogP contribution in [0.5, 0.6) is 0 Å². The zero-order valence-corrected chi connectivity index (χ0v) is 71.0. The van der Waals surface area contributed by atoms with Crippen LogP contribution in [0.3, 0.4) is 0 Å². The number of hydrogen-bond acceptors (Lipinski definition) is 15. The minimum atomic E-state index is -4.97. The zero-order chi connectivity index (χ0) is 77.2. The van der Waals surface area contributed by atoms with Gasteiger partial charge < -0.3 is 33.8 Å². The SMILES string of the molecule is CCCCCCCCCCCCCCCCC(=O)O[C@H](COC(=O)CCCCCCCCCCCCC(C)C)COP(=O)(O)OC[C@H](O)COP(=O)(O)OC[C@@H](COC(=O)CCCCCCCCCCCCCCCCCCC(C)C)OC(=O)CCCCCCCCCCCCCCCCCCC(C)C. The first-order valence-corrected chi connectivity index (χ1v) is 47.3. The van der Waals surface area contributed by atoms with E-state index in [0.29, 0.717) is 25.7 Å². The summed E-state index contributed by atoms with van der Waals surface area (Å²) in [7, 11) is -9.93. The van der Waals surface area contributed by atoms with E-state index in [4.69, 9.17) is 37.0 Å². The number of phosphoric ester groups is 2. The maximum atomic E-state index is 13.2. The quantitative estimate of drug-likeness (QED) is 0.0222. The molecule has 624 valence electrons. The van der Waals surface area contributed by atoms with E-state index in [0.717, 1.165) is 108 Å². The van der Waals surface area contributed by atoms with Gasteiger partial charge in [-0.25, -0.2) is 9.13 Å². The predicted molar refractivity (Wildman–Crippen MR) is 432 cm³/mol. The Morgan fingerprint density at radius 1 is 0.257 bits per heavy atom. The van der Waals surface area contributed by atoms with Crippen LogP contribution in [-0.2, 0) is 65.4 Å². The molecule has 5 atom stereocenters. The van der Waals surface area contributed by atoms with Crippen LogP contribution in [-0.4, -0.2) is 96.7 Å². The van der Waals surface area contributed by atoms with E-state index in [1.54, 1.807) is 0 Å². The van der Waals surface area contributed by atoms with Crippen molar-refractivity contribution in [2.75, 3.05) is 39.6 Å². The lowest BCUT2D eigenvalue weighted by molar-refractivity contribution is -0.161. The number of carbonyl (C=O) groups is 4. The van der Waals surface area contributed by atoms with Crippen molar-refractivity contribution in [3.05, 3.63) is 0 Å². The predicted octanol–water partition coefficient (Wildman–Crippen LogP) is 26.1. The lowest BCUT2D eigenvalue weighted by Crippen LogP contribution is -2.30. The number of unbranched alkanes of at least 4 members (excludes halogenated alkanes) is 52. The Bertz CT molecular complexity index is 2030. The molecule has 0 aliphatic heterocycles. The lowest BCUT2D eigenvalue weighted by atomic mass is 10.0. The molecule has 0 amide bonds. The second-order valence-corrected chi connectivity index (χ2v) is 35.3. The number of carbonyl (C=O) groups excluding carboxylic acids is 4. The molecule has 0 bridgehead atoms. The highest BCUT2D eigenvalue weighted by Crippen LogP contribution is 2.45. The third-order valence-electron chi connectivity index (χ3n) is 20.1. The summed E-state index contributed by atoms with van der Waals surface area (Å²) in [6.45, 7) is 12.0. The third-order valence-corrected chi connectivity index (χ3v) is 22.0. The molecular formula is C86H168O17P2. The van der Waals surface area contributed by atoms with Gasteiger partial charge in [0.15, 0.2) is 12.2 Å². The molecule has 0 saturated heterocycles. The first kappa shape index (κ1) is 103. The number of phosphoric acid groups is 2. The largest absolute Gasteiger partial charge is 0.472 e. The number of rotatable bonds is 84. The Labute approximate surface area is 645 Å². The van der Waals surface area contributed by atoms with Crippen molar-refractivity contribution in [1.29, 1.82) is 0 Å². The highest BCUT2D eigenvalue weighted by atomic mass is 31.2. The minimum Gasteiger partial charge on any atom is -0.462 e. The van der Waals surface area contributed by atoms with Gasteiger partial charge in [0.1, 0.15) is 19.3 Å². The Hall–Kier alpha value is -1.94. The number of hydrogen-bond donors (Lipinski definition) is 3. The zero-order valence-electron chi connectivity index (χ0n) is 69.2.